The SMILES string of the molecule is C=CCC(NN)C1C2C3CCC(C3)C21. The molecule has 3 rings (SSSR count). The summed E-state index contributed by atoms with van der Waals surface area (Å²) in [6.07, 6.45) is 7.55. The first-order valence-electron chi connectivity index (χ1n) is 5.94. The fraction of sp³-hybridized carbons (Fsp3) is 0.833. The quantitative estimate of drug-likeness (QED) is 0.404. The molecule has 0 aromatic heterocycles. The second kappa shape index (κ2) is 3.07. The molecule has 3 N–H and O–H groups in total. The number of nitrogens with one attached hydrogen (secondary N) is 1. The lowest BCUT2D eigenvalue weighted by molar-refractivity contribution is 0.368. The molecule has 5 unspecified atom stereocenters. The molecule has 78 valence electrons. The predicted octanol–water partition coefficient (Wildman–Crippen LogP) is 1.69. The molecule has 0 aliphatic heterocycles. The highest BCUT2D eigenvalue weighted by atomic mass is 15.2. The van der Waals surface area contributed by atoms with Gasteiger partial charge in [0.1, 0.15) is 0 Å². The standard InChI is InChI=1S/C12H20N2/c1-2-3-9(14-13)12-10-7-4-5-8(6-7)11(10)12/h2,7-12,14H,1,3-6,13H2. The van der Waals surface area contributed by atoms with E-state index >= 15 is 0 Å². The Morgan fingerprint density at radius 2 is 2.00 bits per heavy atom. The van der Waals surface area contributed by atoms with Crippen LogP contribution in [-0.2, 0) is 0 Å². The molecule has 0 radical (unpaired) electrons. The Balaban J connectivity index is 1.69. The Kier molecular flexibility index (Phi) is 1.96. The summed E-state index contributed by atoms with van der Waals surface area (Å²) in [4.78, 5) is 0. The lowest BCUT2D eigenvalue weighted by atomic mass is 9.96. The summed E-state index contributed by atoms with van der Waals surface area (Å²) in [6, 6.07) is 0.505. The van der Waals surface area contributed by atoms with Crippen LogP contribution >= 0.6 is 0 Å². The van der Waals surface area contributed by atoms with E-state index < -0.39 is 0 Å². The molecule has 0 spiro atoms. The van der Waals surface area contributed by atoms with Crippen LogP contribution in [-0.4, -0.2) is 6.04 Å². The van der Waals surface area contributed by atoms with Crippen LogP contribution < -0.4 is 11.3 Å². The van der Waals surface area contributed by atoms with Crippen molar-refractivity contribution in [3.05, 3.63) is 12.7 Å². The summed E-state index contributed by atoms with van der Waals surface area (Å²) in [5, 5.41) is 0. The molecule has 0 aromatic rings. The number of nitrogens with two attached hydrogens (primary N) is 1. The van der Waals surface area contributed by atoms with Gasteiger partial charge in [-0.25, -0.2) is 0 Å². The van der Waals surface area contributed by atoms with Crippen LogP contribution in [0.25, 0.3) is 0 Å². The average Bonchev–Trinajstić information content (AvgIpc) is 2.65. The highest BCUT2D eigenvalue weighted by Gasteiger charge is 2.66. The molecule has 14 heavy (non-hydrogen) atoms. The van der Waals surface area contributed by atoms with Gasteiger partial charge in [-0.05, 0) is 55.3 Å². The van der Waals surface area contributed by atoms with Gasteiger partial charge in [0.2, 0.25) is 0 Å². The minimum Gasteiger partial charge on any atom is -0.271 e. The summed E-state index contributed by atoms with van der Waals surface area (Å²) in [7, 11) is 0. The molecule has 3 aliphatic carbocycles. The van der Waals surface area contributed by atoms with Crippen LogP contribution in [0, 0.1) is 29.6 Å². The third-order valence-electron chi connectivity index (χ3n) is 4.89. The third kappa shape index (κ3) is 1.04. The lowest BCUT2D eigenvalue weighted by Crippen LogP contribution is -2.38. The van der Waals surface area contributed by atoms with Gasteiger partial charge in [0.15, 0.2) is 0 Å². The monoisotopic (exact) mass is 192 g/mol. The molecular formula is C12H20N2. The second-order valence-electron chi connectivity index (χ2n) is 5.36. The first-order valence-corrected chi connectivity index (χ1v) is 5.94. The van der Waals surface area contributed by atoms with Gasteiger partial charge in [-0.1, -0.05) is 6.08 Å². The topological polar surface area (TPSA) is 38.0 Å². The summed E-state index contributed by atoms with van der Waals surface area (Å²) in [6.45, 7) is 3.81. The normalized spacial score (nSPS) is 50.2. The van der Waals surface area contributed by atoms with Gasteiger partial charge in [0.05, 0.1) is 0 Å². The fourth-order valence-corrected chi connectivity index (χ4v) is 4.45. The van der Waals surface area contributed by atoms with Crippen molar-refractivity contribution < 1.29 is 0 Å². The molecule has 3 fully saturated rings. The van der Waals surface area contributed by atoms with Crippen LogP contribution in [0.2, 0.25) is 0 Å². The van der Waals surface area contributed by atoms with E-state index in [1.807, 2.05) is 6.08 Å². The Hall–Kier alpha value is -0.340. The number of hydrogen-bond acceptors (Lipinski definition) is 2. The average molecular weight is 192 g/mol. The summed E-state index contributed by atoms with van der Waals surface area (Å²) >= 11 is 0. The number of hydrogen-bond donors (Lipinski definition) is 2. The maximum absolute atomic E-state index is 5.62. The smallest absolute Gasteiger partial charge is 0.0278 e. The zero-order valence-corrected chi connectivity index (χ0v) is 8.65. The third-order valence-corrected chi connectivity index (χ3v) is 4.89. The van der Waals surface area contributed by atoms with Crippen LogP contribution in [0.15, 0.2) is 12.7 Å². The van der Waals surface area contributed by atoms with Gasteiger partial charge in [-0.3, -0.25) is 11.3 Å². The van der Waals surface area contributed by atoms with Crippen LogP contribution in [0.1, 0.15) is 25.7 Å². The molecule has 0 amide bonds. The highest BCUT2D eigenvalue weighted by molar-refractivity contribution is 5.15. The van der Waals surface area contributed by atoms with E-state index in [0.717, 1.165) is 36.0 Å². The van der Waals surface area contributed by atoms with Crippen molar-refractivity contribution in [2.45, 2.75) is 31.7 Å². The molecule has 2 nitrogen and oxygen atoms in total. The van der Waals surface area contributed by atoms with Crippen molar-refractivity contribution in [3.8, 4) is 0 Å². The van der Waals surface area contributed by atoms with E-state index in [9.17, 15) is 0 Å². The highest BCUT2D eigenvalue weighted by Crippen LogP contribution is 2.70. The van der Waals surface area contributed by atoms with Gasteiger partial charge in [-0.2, -0.15) is 0 Å². The maximum Gasteiger partial charge on any atom is 0.0278 e. The van der Waals surface area contributed by atoms with E-state index in [-0.39, 0.29) is 0 Å². The van der Waals surface area contributed by atoms with Gasteiger partial charge in [0.25, 0.3) is 0 Å². The Bertz CT molecular complexity index is 235. The maximum atomic E-state index is 5.62. The second-order valence-corrected chi connectivity index (χ2v) is 5.36. The van der Waals surface area contributed by atoms with Crippen molar-refractivity contribution in [3.63, 3.8) is 0 Å². The Morgan fingerprint density at radius 3 is 2.50 bits per heavy atom. The molecule has 0 saturated heterocycles. The minimum atomic E-state index is 0.505. The molecule has 3 aliphatic rings. The van der Waals surface area contributed by atoms with Crippen molar-refractivity contribution in [1.82, 2.24) is 5.43 Å². The largest absolute Gasteiger partial charge is 0.271 e. The minimum absolute atomic E-state index is 0.505. The van der Waals surface area contributed by atoms with Crippen LogP contribution in [0.5, 0.6) is 0 Å². The molecule has 3 saturated carbocycles. The molecular weight excluding hydrogens is 172 g/mol. The molecule has 0 heterocycles. The van der Waals surface area contributed by atoms with Crippen LogP contribution in [0.4, 0.5) is 0 Å². The first-order chi connectivity index (χ1) is 6.86. The first kappa shape index (κ1) is 8.93. The summed E-state index contributed by atoms with van der Waals surface area (Å²) in [5.74, 6) is 10.6. The Morgan fingerprint density at radius 1 is 1.36 bits per heavy atom. The number of fused-ring (bicyclic) bond motifs is 5. The fourth-order valence-electron chi connectivity index (χ4n) is 4.45. The van der Waals surface area contributed by atoms with Crippen LogP contribution in [0.3, 0.4) is 0 Å². The zero-order chi connectivity index (χ0) is 9.71. The molecule has 2 bridgehead atoms. The Labute approximate surface area is 85.9 Å². The number of hydrazine groups is 1. The van der Waals surface area contributed by atoms with E-state index in [1.165, 1.54) is 19.3 Å². The van der Waals surface area contributed by atoms with E-state index in [4.69, 9.17) is 5.84 Å². The van der Waals surface area contributed by atoms with Gasteiger partial charge in [0, 0.05) is 6.04 Å². The van der Waals surface area contributed by atoms with Gasteiger partial charge < -0.3 is 0 Å². The van der Waals surface area contributed by atoms with Crippen molar-refractivity contribution in [2.24, 2.45) is 35.4 Å². The van der Waals surface area contributed by atoms with E-state index in [2.05, 4.69) is 12.0 Å². The van der Waals surface area contributed by atoms with Crippen molar-refractivity contribution in [1.29, 1.82) is 0 Å². The summed E-state index contributed by atoms with van der Waals surface area (Å²) < 4.78 is 0. The van der Waals surface area contributed by atoms with Gasteiger partial charge >= 0.3 is 0 Å². The zero-order valence-electron chi connectivity index (χ0n) is 8.65. The molecule has 5 atom stereocenters. The summed E-state index contributed by atoms with van der Waals surface area (Å²) in [5.41, 5.74) is 2.99. The lowest BCUT2D eigenvalue weighted by Gasteiger charge is -2.17. The van der Waals surface area contributed by atoms with Gasteiger partial charge in [-0.15, -0.1) is 6.58 Å². The molecule has 0 aromatic carbocycles. The number of rotatable bonds is 4. The van der Waals surface area contributed by atoms with Crippen molar-refractivity contribution >= 4 is 0 Å². The van der Waals surface area contributed by atoms with E-state index in [0.29, 0.717) is 6.04 Å². The predicted molar refractivity (Wildman–Crippen MR) is 57.2 cm³/mol. The molecule has 2 heteroatoms. The van der Waals surface area contributed by atoms with Crippen molar-refractivity contribution in [2.75, 3.05) is 0 Å². The van der Waals surface area contributed by atoms with E-state index in [1.54, 1.807) is 0 Å².